The largest absolute Gasteiger partial charge is 0.307 e. The number of nitrogens with zero attached hydrogens (tertiary/aromatic N) is 2. The lowest BCUT2D eigenvalue weighted by Gasteiger charge is -2.29. The molecule has 8 heteroatoms. The molecule has 0 saturated heterocycles. The van der Waals surface area contributed by atoms with Crippen LogP contribution in [-0.2, 0) is 16.6 Å². The molecule has 1 aliphatic rings. The van der Waals surface area contributed by atoms with Crippen LogP contribution in [0.4, 0.5) is 11.4 Å². The molecule has 0 spiro atoms. The standard InChI is InChI=1S/C16H19N3O3S2/c1-18(2)24(21,22)17-13-7-8-14-12(11-13)5-3-9-19(14)16(20)15-6-4-10-23-15/h4,6-8,10-11,17H,3,5,9H2,1-2H3. The van der Waals surface area contributed by atoms with Crippen LogP contribution in [0.5, 0.6) is 0 Å². The Labute approximate surface area is 145 Å². The Hall–Kier alpha value is -1.90. The van der Waals surface area contributed by atoms with Crippen LogP contribution in [0.3, 0.4) is 0 Å². The number of rotatable bonds is 4. The molecule has 1 aromatic heterocycles. The Morgan fingerprint density at radius 1 is 1.29 bits per heavy atom. The molecule has 0 fully saturated rings. The van der Waals surface area contributed by atoms with E-state index in [0.717, 1.165) is 28.4 Å². The normalized spacial score (nSPS) is 14.5. The van der Waals surface area contributed by atoms with Crippen molar-refractivity contribution in [2.45, 2.75) is 12.8 Å². The molecule has 1 N–H and O–H groups in total. The van der Waals surface area contributed by atoms with Gasteiger partial charge in [-0.05, 0) is 48.1 Å². The molecule has 1 aliphatic heterocycles. The number of fused-ring (bicyclic) bond motifs is 1. The van der Waals surface area contributed by atoms with Gasteiger partial charge in [0.2, 0.25) is 0 Å². The van der Waals surface area contributed by atoms with Gasteiger partial charge in [0.25, 0.3) is 5.91 Å². The van der Waals surface area contributed by atoms with E-state index in [9.17, 15) is 13.2 Å². The van der Waals surface area contributed by atoms with Crippen molar-refractivity contribution in [3.05, 3.63) is 46.2 Å². The molecule has 128 valence electrons. The van der Waals surface area contributed by atoms with E-state index in [2.05, 4.69) is 4.72 Å². The number of amides is 1. The van der Waals surface area contributed by atoms with Crippen LogP contribution in [-0.4, -0.2) is 39.3 Å². The average molecular weight is 365 g/mol. The van der Waals surface area contributed by atoms with E-state index in [1.165, 1.54) is 25.4 Å². The third-order valence-corrected chi connectivity index (χ3v) is 6.22. The smallest absolute Gasteiger partial charge is 0.301 e. The summed E-state index contributed by atoms with van der Waals surface area (Å²) in [6, 6.07) is 9.00. The van der Waals surface area contributed by atoms with Crippen LogP contribution in [0.25, 0.3) is 0 Å². The van der Waals surface area contributed by atoms with E-state index in [1.807, 2.05) is 29.6 Å². The zero-order chi connectivity index (χ0) is 17.3. The van der Waals surface area contributed by atoms with Crippen molar-refractivity contribution in [2.75, 3.05) is 30.3 Å². The SMILES string of the molecule is CN(C)S(=O)(=O)Nc1ccc2c(c1)CCCN2C(=O)c1cccs1. The lowest BCUT2D eigenvalue weighted by atomic mass is 10.0. The highest BCUT2D eigenvalue weighted by Crippen LogP contribution is 2.31. The Morgan fingerprint density at radius 2 is 2.08 bits per heavy atom. The van der Waals surface area contributed by atoms with E-state index < -0.39 is 10.2 Å². The summed E-state index contributed by atoms with van der Waals surface area (Å²) in [5, 5.41) is 1.89. The summed E-state index contributed by atoms with van der Waals surface area (Å²) in [4.78, 5) is 15.1. The van der Waals surface area contributed by atoms with Gasteiger partial charge in [-0.2, -0.15) is 12.7 Å². The highest BCUT2D eigenvalue weighted by Gasteiger charge is 2.25. The maximum absolute atomic E-state index is 12.6. The summed E-state index contributed by atoms with van der Waals surface area (Å²) in [7, 11) is -0.590. The summed E-state index contributed by atoms with van der Waals surface area (Å²) < 4.78 is 27.6. The fourth-order valence-electron chi connectivity index (χ4n) is 2.65. The molecule has 0 bridgehead atoms. The highest BCUT2D eigenvalue weighted by molar-refractivity contribution is 7.90. The number of aryl methyl sites for hydroxylation is 1. The van der Waals surface area contributed by atoms with Gasteiger partial charge in [-0.3, -0.25) is 9.52 Å². The number of carbonyl (C=O) groups is 1. The first kappa shape index (κ1) is 16.9. The van der Waals surface area contributed by atoms with Gasteiger partial charge < -0.3 is 4.90 Å². The van der Waals surface area contributed by atoms with E-state index >= 15 is 0 Å². The summed E-state index contributed by atoms with van der Waals surface area (Å²) in [5.74, 6) is -0.00688. The van der Waals surface area contributed by atoms with Gasteiger partial charge in [-0.25, -0.2) is 0 Å². The predicted molar refractivity (Wildman–Crippen MR) is 97.0 cm³/mol. The number of carbonyl (C=O) groups excluding carboxylic acids is 1. The topological polar surface area (TPSA) is 69.7 Å². The summed E-state index contributed by atoms with van der Waals surface area (Å²) in [5.41, 5.74) is 2.34. The molecule has 3 rings (SSSR count). The Balaban J connectivity index is 1.89. The zero-order valence-corrected chi connectivity index (χ0v) is 15.2. The third-order valence-electron chi connectivity index (χ3n) is 3.90. The van der Waals surface area contributed by atoms with Crippen molar-refractivity contribution in [1.82, 2.24) is 4.31 Å². The second kappa shape index (κ2) is 6.54. The lowest BCUT2D eigenvalue weighted by molar-refractivity contribution is 0.0989. The number of anilines is 2. The molecule has 1 aromatic carbocycles. The maximum Gasteiger partial charge on any atom is 0.301 e. The van der Waals surface area contributed by atoms with Gasteiger partial charge in [0.05, 0.1) is 10.6 Å². The number of benzene rings is 1. The molecule has 0 unspecified atom stereocenters. The minimum atomic E-state index is -3.54. The average Bonchev–Trinajstić information content (AvgIpc) is 3.07. The van der Waals surface area contributed by atoms with Crippen molar-refractivity contribution >= 4 is 38.8 Å². The fourth-order valence-corrected chi connectivity index (χ4v) is 3.92. The predicted octanol–water partition coefficient (Wildman–Crippen LogP) is 2.56. The molecule has 0 aliphatic carbocycles. The maximum atomic E-state index is 12.6. The molecule has 2 aromatic rings. The second-order valence-electron chi connectivity index (χ2n) is 5.77. The first-order valence-electron chi connectivity index (χ1n) is 7.57. The molecule has 0 saturated carbocycles. The number of hydrogen-bond donors (Lipinski definition) is 1. The summed E-state index contributed by atoms with van der Waals surface area (Å²) >= 11 is 1.43. The molecule has 2 heterocycles. The van der Waals surface area contributed by atoms with Crippen LogP contribution < -0.4 is 9.62 Å². The monoisotopic (exact) mass is 365 g/mol. The molecular weight excluding hydrogens is 346 g/mol. The van der Waals surface area contributed by atoms with Crippen LogP contribution in [0.1, 0.15) is 21.7 Å². The minimum Gasteiger partial charge on any atom is -0.307 e. The quantitative estimate of drug-likeness (QED) is 0.905. The first-order valence-corrected chi connectivity index (χ1v) is 9.89. The first-order chi connectivity index (χ1) is 11.4. The van der Waals surface area contributed by atoms with Crippen molar-refractivity contribution in [3.63, 3.8) is 0 Å². The second-order valence-corrected chi connectivity index (χ2v) is 8.60. The van der Waals surface area contributed by atoms with Crippen molar-refractivity contribution in [3.8, 4) is 0 Å². The highest BCUT2D eigenvalue weighted by atomic mass is 32.2. The lowest BCUT2D eigenvalue weighted by Crippen LogP contribution is -2.35. The molecule has 6 nitrogen and oxygen atoms in total. The van der Waals surface area contributed by atoms with Crippen molar-refractivity contribution in [2.24, 2.45) is 0 Å². The van der Waals surface area contributed by atoms with E-state index in [0.29, 0.717) is 17.1 Å². The van der Waals surface area contributed by atoms with Gasteiger partial charge in [0.15, 0.2) is 0 Å². The van der Waals surface area contributed by atoms with E-state index in [-0.39, 0.29) is 5.91 Å². The van der Waals surface area contributed by atoms with Crippen LogP contribution >= 0.6 is 11.3 Å². The number of thiophene rings is 1. The minimum absolute atomic E-state index is 0.00688. The molecule has 24 heavy (non-hydrogen) atoms. The summed E-state index contributed by atoms with van der Waals surface area (Å²) in [6.45, 7) is 0.673. The molecule has 0 radical (unpaired) electrons. The van der Waals surface area contributed by atoms with Crippen LogP contribution in [0.2, 0.25) is 0 Å². The van der Waals surface area contributed by atoms with Gasteiger partial charge in [0, 0.05) is 26.3 Å². The van der Waals surface area contributed by atoms with Gasteiger partial charge in [-0.15, -0.1) is 11.3 Å². The Kier molecular flexibility index (Phi) is 4.62. The fraction of sp³-hybridized carbons (Fsp3) is 0.312. The molecule has 1 amide bonds. The number of nitrogens with one attached hydrogen (secondary N) is 1. The van der Waals surface area contributed by atoms with E-state index in [1.54, 1.807) is 11.0 Å². The molecule has 0 atom stereocenters. The Morgan fingerprint density at radius 3 is 2.75 bits per heavy atom. The zero-order valence-electron chi connectivity index (χ0n) is 13.5. The van der Waals surface area contributed by atoms with Crippen molar-refractivity contribution < 1.29 is 13.2 Å². The van der Waals surface area contributed by atoms with Gasteiger partial charge >= 0.3 is 10.2 Å². The van der Waals surface area contributed by atoms with E-state index in [4.69, 9.17) is 0 Å². The number of hydrogen-bond acceptors (Lipinski definition) is 4. The van der Waals surface area contributed by atoms with Gasteiger partial charge in [-0.1, -0.05) is 6.07 Å². The van der Waals surface area contributed by atoms with Crippen LogP contribution in [0.15, 0.2) is 35.7 Å². The summed E-state index contributed by atoms with van der Waals surface area (Å²) in [6.07, 6.45) is 1.68. The third kappa shape index (κ3) is 3.31. The van der Waals surface area contributed by atoms with Crippen LogP contribution in [0, 0.1) is 0 Å². The van der Waals surface area contributed by atoms with Gasteiger partial charge in [0.1, 0.15) is 0 Å². The Bertz CT molecular complexity index is 845. The van der Waals surface area contributed by atoms with Crippen molar-refractivity contribution in [1.29, 1.82) is 0 Å². The molecular formula is C16H19N3O3S2.